The van der Waals surface area contributed by atoms with Gasteiger partial charge in [0.15, 0.2) is 0 Å². The van der Waals surface area contributed by atoms with Gasteiger partial charge in [0.05, 0.1) is 11.9 Å². The molecule has 0 aromatic carbocycles. The molecule has 1 aromatic rings. The minimum atomic E-state index is -0.653. The van der Waals surface area contributed by atoms with Crippen molar-refractivity contribution < 1.29 is 8.78 Å². The van der Waals surface area contributed by atoms with Crippen molar-refractivity contribution in [1.29, 1.82) is 0 Å². The number of pyridine rings is 1. The molecular formula is C8H10F2N2. The highest BCUT2D eigenvalue weighted by atomic mass is 19.1. The first-order valence-corrected chi connectivity index (χ1v) is 3.63. The highest BCUT2D eigenvalue weighted by Crippen LogP contribution is 2.13. The Morgan fingerprint density at radius 1 is 1.50 bits per heavy atom. The Kier molecular flexibility index (Phi) is 2.70. The molecule has 0 amide bonds. The third-order valence-electron chi connectivity index (χ3n) is 1.68. The summed E-state index contributed by atoms with van der Waals surface area (Å²) in [4.78, 5) is 3.64. The van der Waals surface area contributed by atoms with E-state index in [9.17, 15) is 8.78 Å². The van der Waals surface area contributed by atoms with Gasteiger partial charge < -0.3 is 5.32 Å². The van der Waals surface area contributed by atoms with Crippen molar-refractivity contribution in [3.8, 4) is 0 Å². The van der Waals surface area contributed by atoms with Gasteiger partial charge in [0.25, 0.3) is 0 Å². The maximum absolute atomic E-state index is 12.9. The molecule has 0 saturated heterocycles. The smallest absolute Gasteiger partial charge is 0.149 e. The molecule has 12 heavy (non-hydrogen) atoms. The van der Waals surface area contributed by atoms with Gasteiger partial charge in [-0.05, 0) is 14.0 Å². The van der Waals surface area contributed by atoms with Gasteiger partial charge in [-0.1, -0.05) is 0 Å². The molecule has 4 heteroatoms. The first kappa shape index (κ1) is 9.06. The van der Waals surface area contributed by atoms with Crippen LogP contribution < -0.4 is 5.32 Å². The van der Waals surface area contributed by atoms with E-state index in [2.05, 4.69) is 10.3 Å². The van der Waals surface area contributed by atoms with Crippen LogP contribution in [0.2, 0.25) is 0 Å². The Balaban J connectivity index is 3.01. The van der Waals surface area contributed by atoms with Crippen LogP contribution >= 0.6 is 0 Å². The van der Waals surface area contributed by atoms with Crippen molar-refractivity contribution in [3.63, 3.8) is 0 Å². The lowest BCUT2D eigenvalue weighted by Gasteiger charge is -2.09. The quantitative estimate of drug-likeness (QED) is 0.733. The maximum Gasteiger partial charge on any atom is 0.149 e. The van der Waals surface area contributed by atoms with Gasteiger partial charge >= 0.3 is 0 Å². The van der Waals surface area contributed by atoms with Crippen molar-refractivity contribution in [2.75, 3.05) is 7.05 Å². The summed E-state index contributed by atoms with van der Waals surface area (Å²) >= 11 is 0. The average molecular weight is 172 g/mol. The molecule has 0 fully saturated rings. The Morgan fingerprint density at radius 2 is 2.17 bits per heavy atom. The standard InChI is InChI=1S/C8H10F2N2/c1-5(11-2)8-7(10)3-6(9)4-12-8/h3-5,11H,1-2H3. The van der Waals surface area contributed by atoms with Gasteiger partial charge in [-0.2, -0.15) is 0 Å². The number of halogens is 2. The third-order valence-corrected chi connectivity index (χ3v) is 1.68. The van der Waals surface area contributed by atoms with Crippen LogP contribution in [0.25, 0.3) is 0 Å². The van der Waals surface area contributed by atoms with Gasteiger partial charge in [-0.3, -0.25) is 4.98 Å². The number of nitrogens with one attached hydrogen (secondary N) is 1. The minimum absolute atomic E-state index is 0.203. The lowest BCUT2D eigenvalue weighted by atomic mass is 10.2. The second-order valence-electron chi connectivity index (χ2n) is 2.53. The highest BCUT2D eigenvalue weighted by Gasteiger charge is 2.10. The number of aromatic nitrogens is 1. The Bertz CT molecular complexity index is 276. The monoisotopic (exact) mass is 172 g/mol. The highest BCUT2D eigenvalue weighted by molar-refractivity contribution is 5.11. The summed E-state index contributed by atoms with van der Waals surface area (Å²) in [6.45, 7) is 1.75. The van der Waals surface area contributed by atoms with Crippen LogP contribution in [0, 0.1) is 11.6 Å². The SMILES string of the molecule is CNC(C)c1ncc(F)cc1F. The zero-order valence-electron chi connectivity index (χ0n) is 6.94. The average Bonchev–Trinajstić information content (AvgIpc) is 2.03. The normalized spacial score (nSPS) is 13.0. The van der Waals surface area contributed by atoms with Crippen molar-refractivity contribution >= 4 is 0 Å². The summed E-state index contributed by atoms with van der Waals surface area (Å²) in [6, 6.07) is 0.626. The van der Waals surface area contributed by atoms with Gasteiger partial charge in [-0.25, -0.2) is 8.78 Å². The lowest BCUT2D eigenvalue weighted by Crippen LogP contribution is -2.15. The molecule has 0 aliphatic heterocycles. The van der Waals surface area contributed by atoms with Crippen LogP contribution in [0.1, 0.15) is 18.7 Å². The number of rotatable bonds is 2. The van der Waals surface area contributed by atoms with Crippen molar-refractivity contribution in [2.24, 2.45) is 0 Å². The molecule has 1 unspecified atom stereocenters. The molecule has 0 spiro atoms. The summed E-state index contributed by atoms with van der Waals surface area (Å²) in [5.74, 6) is -1.27. The lowest BCUT2D eigenvalue weighted by molar-refractivity contribution is 0.522. The van der Waals surface area contributed by atoms with E-state index in [1.54, 1.807) is 14.0 Å². The molecule has 1 N–H and O–H groups in total. The van der Waals surface area contributed by atoms with Crippen LogP contribution in [0.3, 0.4) is 0 Å². The Hall–Kier alpha value is -1.03. The second kappa shape index (κ2) is 3.58. The number of nitrogens with zero attached hydrogens (tertiary/aromatic N) is 1. The molecule has 0 aliphatic carbocycles. The minimum Gasteiger partial charge on any atom is -0.312 e. The van der Waals surface area contributed by atoms with E-state index in [4.69, 9.17) is 0 Å². The zero-order chi connectivity index (χ0) is 9.14. The molecule has 0 bridgehead atoms. The molecule has 1 heterocycles. The Labute approximate surface area is 69.6 Å². The summed E-state index contributed by atoms with van der Waals surface area (Å²) in [5.41, 5.74) is 0.235. The fourth-order valence-electron chi connectivity index (χ4n) is 0.880. The first-order valence-electron chi connectivity index (χ1n) is 3.63. The molecule has 1 atom stereocenters. The van der Waals surface area contributed by atoms with E-state index >= 15 is 0 Å². The van der Waals surface area contributed by atoms with Crippen molar-refractivity contribution in [1.82, 2.24) is 10.3 Å². The van der Waals surface area contributed by atoms with E-state index < -0.39 is 11.6 Å². The number of hydrogen-bond acceptors (Lipinski definition) is 2. The summed E-state index contributed by atoms with van der Waals surface area (Å²) in [7, 11) is 1.69. The fraction of sp³-hybridized carbons (Fsp3) is 0.375. The fourth-order valence-corrected chi connectivity index (χ4v) is 0.880. The van der Waals surface area contributed by atoms with Gasteiger partial charge in [0.1, 0.15) is 11.6 Å². The predicted molar refractivity (Wildman–Crippen MR) is 41.6 cm³/mol. The summed E-state index contributed by atoms with van der Waals surface area (Å²) < 4.78 is 25.3. The largest absolute Gasteiger partial charge is 0.312 e. The van der Waals surface area contributed by atoms with Crippen molar-refractivity contribution in [2.45, 2.75) is 13.0 Å². The van der Waals surface area contributed by atoms with E-state index in [0.29, 0.717) is 0 Å². The Morgan fingerprint density at radius 3 is 2.67 bits per heavy atom. The second-order valence-corrected chi connectivity index (χ2v) is 2.53. The van der Waals surface area contributed by atoms with Gasteiger partial charge in [-0.15, -0.1) is 0 Å². The molecular weight excluding hydrogens is 162 g/mol. The molecule has 66 valence electrons. The van der Waals surface area contributed by atoms with E-state index in [1.165, 1.54) is 0 Å². The van der Waals surface area contributed by atoms with Crippen LogP contribution in [0.5, 0.6) is 0 Å². The third kappa shape index (κ3) is 1.76. The van der Waals surface area contributed by atoms with Crippen LogP contribution in [0.15, 0.2) is 12.3 Å². The van der Waals surface area contributed by atoms with Gasteiger partial charge in [0, 0.05) is 12.1 Å². The van der Waals surface area contributed by atoms with Crippen LogP contribution in [-0.2, 0) is 0 Å². The molecule has 1 aromatic heterocycles. The molecule has 0 aliphatic rings. The molecule has 0 radical (unpaired) electrons. The van der Waals surface area contributed by atoms with Crippen molar-refractivity contribution in [3.05, 3.63) is 29.6 Å². The maximum atomic E-state index is 12.9. The predicted octanol–water partition coefficient (Wildman–Crippen LogP) is 1.64. The van der Waals surface area contributed by atoms with E-state index in [-0.39, 0.29) is 11.7 Å². The van der Waals surface area contributed by atoms with Crippen LogP contribution in [-0.4, -0.2) is 12.0 Å². The summed E-state index contributed by atoms with van der Waals surface area (Å²) in [5, 5.41) is 2.82. The molecule has 0 saturated carbocycles. The topological polar surface area (TPSA) is 24.9 Å². The summed E-state index contributed by atoms with van der Waals surface area (Å²) in [6.07, 6.45) is 1.01. The van der Waals surface area contributed by atoms with Gasteiger partial charge in [0.2, 0.25) is 0 Å². The van der Waals surface area contributed by atoms with E-state index in [1.807, 2.05) is 0 Å². The number of hydrogen-bond donors (Lipinski definition) is 1. The van der Waals surface area contributed by atoms with Crippen LogP contribution in [0.4, 0.5) is 8.78 Å². The zero-order valence-corrected chi connectivity index (χ0v) is 6.94. The molecule has 2 nitrogen and oxygen atoms in total. The first-order chi connectivity index (χ1) is 5.65. The van der Waals surface area contributed by atoms with E-state index in [0.717, 1.165) is 12.3 Å². The molecule has 1 rings (SSSR count).